The number of aromatic amines is 3. The fourth-order valence-electron chi connectivity index (χ4n) is 10.3. The van der Waals surface area contributed by atoms with Gasteiger partial charge in [-0.05, 0) is 171 Å². The van der Waals surface area contributed by atoms with Crippen LogP contribution in [0.15, 0.2) is 197 Å². The van der Waals surface area contributed by atoms with Crippen LogP contribution in [0.1, 0.15) is 56.4 Å². The average molecular weight is 1420 g/mol. The third-order valence-corrected chi connectivity index (χ3v) is 19.5. The van der Waals surface area contributed by atoms with Crippen molar-refractivity contribution in [1.82, 2.24) is 44.1 Å². The Balaban J connectivity index is 0.000000161. The molecule has 0 saturated carbocycles. The molecule has 510 valence electrons. The fourth-order valence-corrected chi connectivity index (χ4v) is 13.2. The zero-order valence-corrected chi connectivity index (χ0v) is 54.4. The van der Waals surface area contributed by atoms with Gasteiger partial charge >= 0.3 is 18.5 Å². The second-order valence-corrected chi connectivity index (χ2v) is 27.3. The Morgan fingerprint density at radius 2 is 0.778 bits per heavy atom. The highest BCUT2D eigenvalue weighted by Gasteiger charge is 2.36. The van der Waals surface area contributed by atoms with E-state index >= 15 is 0 Å². The van der Waals surface area contributed by atoms with E-state index < -0.39 is 76.9 Å². The molecule has 15 nitrogen and oxygen atoms in total. The molecular weight excluding hydrogens is 1370 g/mol. The van der Waals surface area contributed by atoms with E-state index in [1.807, 2.05) is 0 Å². The molecule has 0 atom stereocenters. The van der Waals surface area contributed by atoms with E-state index in [9.17, 15) is 73.5 Å². The number of hydrogen-bond donors (Lipinski definition) is 6. The monoisotopic (exact) mass is 1420 g/mol. The number of halogens is 11. The Bertz CT molecular complexity index is 5480. The summed E-state index contributed by atoms with van der Waals surface area (Å²) >= 11 is 0. The van der Waals surface area contributed by atoms with Crippen LogP contribution in [0.3, 0.4) is 0 Å². The van der Waals surface area contributed by atoms with Crippen LogP contribution in [-0.2, 0) is 48.6 Å². The lowest BCUT2D eigenvalue weighted by atomic mass is 10.1. The van der Waals surface area contributed by atoms with Crippen molar-refractivity contribution in [3.63, 3.8) is 0 Å². The highest BCUT2D eigenvalue weighted by Crippen LogP contribution is 2.37. The largest absolute Gasteiger partial charge is 0.419 e. The number of rotatable bonds is 15. The van der Waals surface area contributed by atoms with Crippen molar-refractivity contribution in [1.29, 1.82) is 0 Å². The van der Waals surface area contributed by atoms with Gasteiger partial charge in [0.2, 0.25) is 30.1 Å². The SMILES string of the molecule is CNS(=O)(=O)c1ccccc1-c1ccc2nc(/C=C/c3cc(C)cc(C(F)(F)F)c3)[nH]c2c1.CNS(=O)(=O)c1ccccc1-c1ccc2nc(/C=C/c3ccc(F)c(C(F)(F)F)c3)[nH]c2c1.CNS(=O)(=O)c1ccccc1-c1ccc2nc(/C=C/c3cccc(C(F)(F)F)c3F)[nH]c2c1. The van der Waals surface area contributed by atoms with Crippen molar-refractivity contribution >= 4 is 99.6 Å². The van der Waals surface area contributed by atoms with Crippen molar-refractivity contribution in [2.75, 3.05) is 21.1 Å². The minimum absolute atomic E-state index is 0.117. The summed E-state index contributed by atoms with van der Waals surface area (Å²) in [4.78, 5) is 22.7. The molecule has 99 heavy (non-hydrogen) atoms. The molecule has 12 aromatic rings. The van der Waals surface area contributed by atoms with Crippen LogP contribution in [0.25, 0.3) is 103 Å². The van der Waals surface area contributed by atoms with Crippen molar-refractivity contribution < 1.29 is 73.5 Å². The summed E-state index contributed by atoms with van der Waals surface area (Å²) in [6, 6.07) is 45.0. The topological polar surface area (TPSA) is 225 Å². The molecule has 0 unspecified atom stereocenters. The third kappa shape index (κ3) is 16.6. The lowest BCUT2D eigenvalue weighted by Gasteiger charge is -2.09. The number of benzene rings is 9. The smallest absolute Gasteiger partial charge is 0.338 e. The Kier molecular flexibility index (Phi) is 20.6. The standard InChI is InChI=1S/C24H20F3N3O2S.2C23H17F4N3O2S/c1-15-11-16(13-18(12-15)24(25,26)27)7-10-23-29-20-9-8-17(14-21(20)30-23)19-5-3-4-6-22(19)33(31,32)28-2;1-28-33(31,32)20-8-3-2-6-16(20)15-9-11-18-19(13-15)30-21(29-18)12-10-14-5-4-7-17(22(14)24)23(25,26)27;1-28-33(31,32)21-5-3-2-4-16(21)15-8-10-19-20(13-15)30-22(29-19)11-7-14-6-9-18(24)17(12-14)23(25,26)27/h3-14,28H,1-2H3,(H,29,30);2*2-13,28H,1H3,(H,29,30)/b10-7+;12-10+;11-7+. The van der Waals surface area contributed by atoms with E-state index in [4.69, 9.17) is 0 Å². The number of hydrogen-bond acceptors (Lipinski definition) is 9. The lowest BCUT2D eigenvalue weighted by molar-refractivity contribution is -0.140. The molecule has 3 aromatic heterocycles. The Hall–Kier alpha value is -10.4. The molecule has 3 heterocycles. The quantitative estimate of drug-likeness (QED) is 0.0536. The first-order valence-electron chi connectivity index (χ1n) is 29.3. The summed E-state index contributed by atoms with van der Waals surface area (Å²) in [6.07, 6.45) is -5.38. The molecule has 0 spiro atoms. The molecule has 0 amide bonds. The maximum absolute atomic E-state index is 14.2. The molecule has 12 rings (SSSR count). The van der Waals surface area contributed by atoms with Crippen LogP contribution < -0.4 is 14.2 Å². The molecule has 9 aromatic carbocycles. The van der Waals surface area contributed by atoms with Gasteiger partial charge in [-0.25, -0.2) is 63.2 Å². The number of fused-ring (bicyclic) bond motifs is 3. The minimum Gasteiger partial charge on any atom is -0.338 e. The Morgan fingerprint density at radius 1 is 0.384 bits per heavy atom. The van der Waals surface area contributed by atoms with Gasteiger partial charge in [0.25, 0.3) is 0 Å². The molecule has 0 fully saturated rings. The molecule has 0 radical (unpaired) electrons. The van der Waals surface area contributed by atoms with Gasteiger partial charge < -0.3 is 15.0 Å². The van der Waals surface area contributed by atoms with Crippen molar-refractivity contribution in [2.45, 2.75) is 40.1 Å². The molecule has 0 bridgehead atoms. The highest BCUT2D eigenvalue weighted by atomic mass is 32.2. The number of imidazole rings is 3. The van der Waals surface area contributed by atoms with E-state index in [0.717, 1.165) is 30.3 Å². The van der Waals surface area contributed by atoms with E-state index in [1.54, 1.807) is 134 Å². The average Bonchev–Trinajstić information content (AvgIpc) is 1.76. The number of alkyl halides is 9. The van der Waals surface area contributed by atoms with Crippen LogP contribution in [0.4, 0.5) is 48.3 Å². The maximum Gasteiger partial charge on any atom is 0.419 e. The maximum atomic E-state index is 14.2. The highest BCUT2D eigenvalue weighted by molar-refractivity contribution is 7.90. The van der Waals surface area contributed by atoms with Gasteiger partial charge in [0.15, 0.2) is 0 Å². The van der Waals surface area contributed by atoms with E-state index in [0.29, 0.717) is 101 Å². The van der Waals surface area contributed by atoms with E-state index in [-0.39, 0.29) is 25.8 Å². The second-order valence-electron chi connectivity index (χ2n) is 21.7. The van der Waals surface area contributed by atoms with Gasteiger partial charge in [-0.1, -0.05) is 109 Å². The number of nitrogens with zero attached hydrogens (tertiary/aromatic N) is 3. The van der Waals surface area contributed by atoms with Crippen LogP contribution in [0.2, 0.25) is 0 Å². The van der Waals surface area contributed by atoms with Crippen molar-refractivity contribution in [2.24, 2.45) is 0 Å². The first-order chi connectivity index (χ1) is 46.7. The molecule has 0 aliphatic carbocycles. The van der Waals surface area contributed by atoms with Crippen LogP contribution in [0, 0.1) is 18.6 Å². The summed E-state index contributed by atoms with van der Waals surface area (Å²) in [5.41, 5.74) is 4.61. The Labute approximate surface area is 559 Å². The van der Waals surface area contributed by atoms with Gasteiger partial charge in [0, 0.05) is 22.3 Å². The zero-order valence-electron chi connectivity index (χ0n) is 52.0. The number of sulfonamides is 3. The fraction of sp³-hybridized carbons (Fsp3) is 0.100. The summed E-state index contributed by atoms with van der Waals surface area (Å²) in [6.45, 7) is 1.61. The van der Waals surface area contributed by atoms with E-state index in [1.165, 1.54) is 75.8 Å². The molecule has 0 aliphatic heterocycles. The van der Waals surface area contributed by atoms with Crippen molar-refractivity contribution in [3.05, 3.63) is 250 Å². The first kappa shape index (κ1) is 71.3. The number of H-pyrrole nitrogens is 3. The van der Waals surface area contributed by atoms with Gasteiger partial charge in [-0.2, -0.15) is 39.5 Å². The summed E-state index contributed by atoms with van der Waals surface area (Å²) in [5, 5.41) is 0. The first-order valence-corrected chi connectivity index (χ1v) is 33.7. The van der Waals surface area contributed by atoms with Crippen LogP contribution >= 0.6 is 0 Å². The van der Waals surface area contributed by atoms with Crippen molar-refractivity contribution in [3.8, 4) is 33.4 Å². The summed E-state index contributed by atoms with van der Waals surface area (Å²) in [7, 11) is -6.99. The predicted molar refractivity (Wildman–Crippen MR) is 359 cm³/mol. The number of aromatic nitrogens is 6. The van der Waals surface area contributed by atoms with E-state index in [2.05, 4.69) is 44.1 Å². The molecular formula is C70H54F11N9O6S3. The van der Waals surface area contributed by atoms with Gasteiger partial charge in [0.1, 0.15) is 29.1 Å². The molecule has 29 heteroatoms. The Morgan fingerprint density at radius 3 is 1.17 bits per heavy atom. The normalized spacial score (nSPS) is 12.6. The van der Waals surface area contributed by atoms with Crippen LogP contribution in [0.5, 0.6) is 0 Å². The molecule has 0 aliphatic rings. The predicted octanol–water partition coefficient (Wildman–Crippen LogP) is 16.6. The summed E-state index contributed by atoms with van der Waals surface area (Å²) < 4.78 is 225. The number of nitrogens with one attached hydrogen (secondary N) is 6. The van der Waals surface area contributed by atoms with Crippen LogP contribution in [-0.4, -0.2) is 76.3 Å². The van der Waals surface area contributed by atoms with Gasteiger partial charge in [0.05, 0.1) is 64.5 Å². The number of aryl methyl sites for hydroxylation is 1. The summed E-state index contributed by atoms with van der Waals surface area (Å²) in [5.74, 6) is -1.56. The van der Waals surface area contributed by atoms with Gasteiger partial charge in [-0.15, -0.1) is 0 Å². The molecule has 0 saturated heterocycles. The minimum atomic E-state index is -4.79. The van der Waals surface area contributed by atoms with Gasteiger partial charge in [-0.3, -0.25) is 0 Å². The third-order valence-electron chi connectivity index (χ3n) is 15.1. The second kappa shape index (κ2) is 28.6. The lowest BCUT2D eigenvalue weighted by Crippen LogP contribution is -2.19. The zero-order chi connectivity index (χ0) is 71.4. The molecule has 6 N–H and O–H groups in total.